The first-order valence-electron chi connectivity index (χ1n) is 4.21. The van der Waals surface area contributed by atoms with Crippen molar-refractivity contribution in [3.8, 4) is 0 Å². The summed E-state index contributed by atoms with van der Waals surface area (Å²) in [7, 11) is 0. The molecule has 0 rings (SSSR count). The summed E-state index contributed by atoms with van der Waals surface area (Å²) in [6.07, 6.45) is -0.0565. The number of nitrogens with one attached hydrogen (secondary N) is 1. The Balaban J connectivity index is 3.92. The Hall–Kier alpha value is -1.17. The van der Waals surface area contributed by atoms with Crippen LogP contribution in [-0.4, -0.2) is 29.5 Å². The van der Waals surface area contributed by atoms with E-state index in [9.17, 15) is 9.59 Å². The van der Waals surface area contributed by atoms with Crippen LogP contribution in [0.15, 0.2) is 0 Å². The molecule has 0 aromatic heterocycles. The molecule has 0 aliphatic heterocycles. The highest BCUT2D eigenvalue weighted by Gasteiger charge is 2.16. The van der Waals surface area contributed by atoms with E-state index in [1.54, 1.807) is 6.92 Å². The van der Waals surface area contributed by atoms with Gasteiger partial charge in [-0.2, -0.15) is 0 Å². The molecule has 0 bridgehead atoms. The molecule has 0 aromatic carbocycles. The van der Waals surface area contributed by atoms with Crippen LogP contribution in [0, 0.1) is 0 Å². The molecule has 0 saturated heterocycles. The fourth-order valence-electron chi connectivity index (χ4n) is 0.777. The van der Waals surface area contributed by atoms with E-state index < -0.39 is 12.0 Å². The molecule has 80 valence electrons. The van der Waals surface area contributed by atoms with Crippen LogP contribution >= 0.6 is 12.2 Å². The number of rotatable bonds is 5. The number of esters is 1. The van der Waals surface area contributed by atoms with Crippen LogP contribution in [0.3, 0.4) is 0 Å². The molecule has 1 amide bonds. The van der Waals surface area contributed by atoms with Crippen molar-refractivity contribution in [3.63, 3.8) is 0 Å². The highest BCUT2D eigenvalue weighted by Crippen LogP contribution is 1.89. The fraction of sp³-hybridized carbons (Fsp3) is 0.625. The Labute approximate surface area is 88.0 Å². The second-order valence-electron chi connectivity index (χ2n) is 2.68. The summed E-state index contributed by atoms with van der Waals surface area (Å²) in [4.78, 5) is 22.2. The molecule has 0 saturated carbocycles. The molecular weight excluding hydrogens is 204 g/mol. The van der Waals surface area contributed by atoms with Gasteiger partial charge < -0.3 is 15.8 Å². The van der Waals surface area contributed by atoms with Gasteiger partial charge in [0.25, 0.3) is 0 Å². The molecule has 6 heteroatoms. The molecular formula is C8H14N2O3S. The minimum atomic E-state index is -0.670. The SMILES string of the molecule is CCOC(=O)C(C)NC(=O)CC(N)=S. The minimum absolute atomic E-state index is 0.0565. The zero-order valence-corrected chi connectivity index (χ0v) is 9.02. The lowest BCUT2D eigenvalue weighted by molar-refractivity contribution is -0.146. The summed E-state index contributed by atoms with van der Waals surface area (Å²) in [5.41, 5.74) is 5.16. The normalized spacial score (nSPS) is 11.6. The first-order chi connectivity index (χ1) is 6.47. The molecule has 0 aliphatic rings. The van der Waals surface area contributed by atoms with Crippen LogP contribution < -0.4 is 11.1 Å². The van der Waals surface area contributed by atoms with Gasteiger partial charge in [0, 0.05) is 0 Å². The lowest BCUT2D eigenvalue weighted by Gasteiger charge is -2.11. The van der Waals surface area contributed by atoms with Crippen molar-refractivity contribution < 1.29 is 14.3 Å². The van der Waals surface area contributed by atoms with Crippen molar-refractivity contribution in [2.45, 2.75) is 26.3 Å². The third-order valence-electron chi connectivity index (χ3n) is 1.35. The standard InChI is InChI=1S/C8H14N2O3S/c1-3-13-8(12)5(2)10-7(11)4-6(9)14/h5H,3-4H2,1-2H3,(H2,9,14)(H,10,11). The van der Waals surface area contributed by atoms with Gasteiger partial charge in [0.15, 0.2) is 0 Å². The van der Waals surface area contributed by atoms with Gasteiger partial charge in [0.2, 0.25) is 5.91 Å². The predicted molar refractivity (Wildman–Crippen MR) is 55.6 cm³/mol. The molecule has 0 spiro atoms. The highest BCUT2D eigenvalue weighted by atomic mass is 32.1. The summed E-state index contributed by atoms with van der Waals surface area (Å²) in [6.45, 7) is 3.52. The fourth-order valence-corrected chi connectivity index (χ4v) is 0.908. The smallest absolute Gasteiger partial charge is 0.328 e. The number of hydrogen-bond donors (Lipinski definition) is 2. The Kier molecular flexibility index (Phi) is 5.78. The monoisotopic (exact) mass is 218 g/mol. The van der Waals surface area contributed by atoms with Crippen LogP contribution in [0.4, 0.5) is 0 Å². The van der Waals surface area contributed by atoms with Crippen molar-refractivity contribution in [2.24, 2.45) is 5.73 Å². The molecule has 1 unspecified atom stereocenters. The van der Waals surface area contributed by atoms with Crippen molar-refractivity contribution in [1.29, 1.82) is 0 Å². The lowest BCUT2D eigenvalue weighted by atomic mass is 10.3. The van der Waals surface area contributed by atoms with Gasteiger partial charge in [0.05, 0.1) is 18.0 Å². The maximum atomic E-state index is 11.1. The average Bonchev–Trinajstić information content (AvgIpc) is 2.02. The Morgan fingerprint density at radius 2 is 2.14 bits per heavy atom. The maximum Gasteiger partial charge on any atom is 0.328 e. The van der Waals surface area contributed by atoms with Crippen molar-refractivity contribution in [1.82, 2.24) is 5.32 Å². The number of carbonyl (C=O) groups is 2. The van der Waals surface area contributed by atoms with Gasteiger partial charge in [-0.15, -0.1) is 0 Å². The first-order valence-corrected chi connectivity index (χ1v) is 4.62. The van der Waals surface area contributed by atoms with Crippen LogP contribution in [0.25, 0.3) is 0 Å². The summed E-state index contributed by atoms with van der Waals surface area (Å²) < 4.78 is 4.69. The Bertz CT molecular complexity index is 243. The van der Waals surface area contributed by atoms with E-state index in [0.29, 0.717) is 0 Å². The van der Waals surface area contributed by atoms with E-state index in [4.69, 9.17) is 10.5 Å². The largest absolute Gasteiger partial charge is 0.464 e. The summed E-state index contributed by atoms with van der Waals surface area (Å²) in [5.74, 6) is -0.846. The van der Waals surface area contributed by atoms with Crippen molar-refractivity contribution in [3.05, 3.63) is 0 Å². The molecule has 5 nitrogen and oxygen atoms in total. The molecule has 0 aliphatic carbocycles. The van der Waals surface area contributed by atoms with Crippen LogP contribution in [-0.2, 0) is 14.3 Å². The summed E-state index contributed by atoms with van der Waals surface area (Å²) in [5, 5.41) is 2.41. The molecule has 1 atom stereocenters. The van der Waals surface area contributed by atoms with Gasteiger partial charge in [0.1, 0.15) is 6.04 Å². The molecule has 0 radical (unpaired) electrons. The highest BCUT2D eigenvalue weighted by molar-refractivity contribution is 7.80. The predicted octanol–water partition coefficient (Wildman–Crippen LogP) is -0.270. The molecule has 0 heterocycles. The van der Waals surface area contributed by atoms with Gasteiger partial charge in [-0.3, -0.25) is 4.79 Å². The van der Waals surface area contributed by atoms with Crippen LogP contribution in [0.1, 0.15) is 20.3 Å². The summed E-state index contributed by atoms with van der Waals surface area (Å²) >= 11 is 4.54. The Morgan fingerprint density at radius 1 is 1.57 bits per heavy atom. The average molecular weight is 218 g/mol. The second kappa shape index (κ2) is 6.31. The van der Waals surface area contributed by atoms with E-state index in [1.807, 2.05) is 0 Å². The number of amides is 1. The van der Waals surface area contributed by atoms with Crippen LogP contribution in [0.2, 0.25) is 0 Å². The van der Waals surface area contributed by atoms with E-state index in [0.717, 1.165) is 0 Å². The van der Waals surface area contributed by atoms with Crippen molar-refractivity contribution in [2.75, 3.05) is 6.61 Å². The maximum absolute atomic E-state index is 11.1. The van der Waals surface area contributed by atoms with E-state index in [-0.39, 0.29) is 23.9 Å². The number of nitrogens with two attached hydrogens (primary N) is 1. The number of hydrogen-bond acceptors (Lipinski definition) is 4. The number of carbonyl (C=O) groups excluding carboxylic acids is 2. The topological polar surface area (TPSA) is 81.4 Å². The Morgan fingerprint density at radius 3 is 2.57 bits per heavy atom. The van der Waals surface area contributed by atoms with E-state index in [2.05, 4.69) is 17.5 Å². The van der Waals surface area contributed by atoms with Gasteiger partial charge in [-0.05, 0) is 13.8 Å². The molecule has 3 N–H and O–H groups in total. The minimum Gasteiger partial charge on any atom is -0.464 e. The summed E-state index contributed by atoms with van der Waals surface area (Å²) in [6, 6.07) is -0.670. The molecule has 14 heavy (non-hydrogen) atoms. The van der Waals surface area contributed by atoms with E-state index in [1.165, 1.54) is 6.92 Å². The second-order valence-corrected chi connectivity index (χ2v) is 3.21. The van der Waals surface area contributed by atoms with Gasteiger partial charge in [-0.25, -0.2) is 4.79 Å². The zero-order valence-electron chi connectivity index (χ0n) is 8.20. The van der Waals surface area contributed by atoms with Gasteiger partial charge in [-0.1, -0.05) is 12.2 Å². The lowest BCUT2D eigenvalue weighted by Crippen LogP contribution is -2.40. The number of thiocarbonyl (C=S) groups is 1. The van der Waals surface area contributed by atoms with E-state index >= 15 is 0 Å². The molecule has 0 fully saturated rings. The third-order valence-corrected chi connectivity index (χ3v) is 1.50. The van der Waals surface area contributed by atoms with Crippen molar-refractivity contribution >= 4 is 29.1 Å². The number of ether oxygens (including phenoxy) is 1. The van der Waals surface area contributed by atoms with Gasteiger partial charge >= 0.3 is 5.97 Å². The quantitative estimate of drug-likeness (QED) is 0.490. The molecule has 0 aromatic rings. The van der Waals surface area contributed by atoms with Crippen LogP contribution in [0.5, 0.6) is 0 Å². The zero-order chi connectivity index (χ0) is 11.1. The first kappa shape index (κ1) is 12.8. The third kappa shape index (κ3) is 5.47.